The average molecular weight is 336 g/mol. The van der Waals surface area contributed by atoms with E-state index in [1.54, 1.807) is 0 Å². The Kier molecular flexibility index (Phi) is 4.56. The van der Waals surface area contributed by atoms with Gasteiger partial charge in [0.05, 0.1) is 6.61 Å². The van der Waals surface area contributed by atoms with Crippen LogP contribution >= 0.6 is 0 Å². The fraction of sp³-hybridized carbons (Fsp3) is 0.529. The van der Waals surface area contributed by atoms with E-state index in [-0.39, 0.29) is 12.2 Å². The van der Waals surface area contributed by atoms with Gasteiger partial charge < -0.3 is 14.7 Å². The number of hydrogen-bond acceptors (Lipinski definition) is 4. The number of hydrogen-bond donors (Lipinski definition) is 1. The molecule has 2 heterocycles. The first-order chi connectivity index (χ1) is 11.5. The van der Waals surface area contributed by atoms with Gasteiger partial charge in [-0.3, -0.25) is 9.69 Å². The Morgan fingerprint density at radius 3 is 2.67 bits per heavy atom. The number of benzene rings is 1. The minimum absolute atomic E-state index is 0.0392. The highest BCUT2D eigenvalue weighted by Crippen LogP contribution is 2.38. The molecule has 2 aliphatic heterocycles. The lowest BCUT2D eigenvalue weighted by Gasteiger charge is -2.44. The molecule has 0 saturated carbocycles. The second-order valence-electron chi connectivity index (χ2n) is 6.23. The van der Waals surface area contributed by atoms with E-state index in [1.165, 1.54) is 23.1 Å². The first kappa shape index (κ1) is 16.9. The highest BCUT2D eigenvalue weighted by Gasteiger charge is 2.53. The zero-order chi connectivity index (χ0) is 17.3. The highest BCUT2D eigenvalue weighted by atomic mass is 19.1. The van der Waals surface area contributed by atoms with Crippen molar-refractivity contribution in [3.8, 4) is 0 Å². The number of piperidine rings is 1. The van der Waals surface area contributed by atoms with Crippen LogP contribution in [0.2, 0.25) is 0 Å². The van der Waals surface area contributed by atoms with E-state index in [0.717, 1.165) is 25.7 Å². The summed E-state index contributed by atoms with van der Waals surface area (Å²) in [6.07, 6.45) is 1.09. The summed E-state index contributed by atoms with van der Waals surface area (Å²) in [7, 11) is 0. The molecule has 1 atom stereocenters. The molecule has 1 amide bonds. The number of likely N-dealkylation sites (tertiary alicyclic amines) is 1. The minimum atomic E-state index is -1.10. The standard InChI is InChI=1S/C17H21FN2O4/c1-2-19-8-6-17(7-9-19)20(14(11-24-17)16(22)23)15(21)12-4-3-5-13(18)10-12/h3-5,10,14H,2,6-9,11H2,1H3,(H,22,23)/t14-/m1/s1. The molecule has 0 unspecified atom stereocenters. The van der Waals surface area contributed by atoms with Gasteiger partial charge in [0, 0.05) is 31.5 Å². The monoisotopic (exact) mass is 336 g/mol. The molecule has 0 bridgehead atoms. The summed E-state index contributed by atoms with van der Waals surface area (Å²) in [5, 5.41) is 9.49. The summed E-state index contributed by atoms with van der Waals surface area (Å²) in [5.74, 6) is -2.12. The van der Waals surface area contributed by atoms with Gasteiger partial charge in [-0.05, 0) is 24.7 Å². The van der Waals surface area contributed by atoms with E-state index in [9.17, 15) is 19.1 Å². The number of halogens is 1. The van der Waals surface area contributed by atoms with E-state index in [1.807, 2.05) is 0 Å². The molecule has 0 aliphatic carbocycles. The SMILES string of the molecule is CCN1CCC2(CC1)OC[C@H](C(=O)O)N2C(=O)c1cccc(F)c1. The van der Waals surface area contributed by atoms with Crippen molar-refractivity contribution in [3.05, 3.63) is 35.6 Å². The topological polar surface area (TPSA) is 70.1 Å². The number of rotatable bonds is 3. The third-order valence-electron chi connectivity index (χ3n) is 4.92. The number of carbonyl (C=O) groups excluding carboxylic acids is 1. The fourth-order valence-corrected chi connectivity index (χ4v) is 3.53. The number of carboxylic acids is 1. The summed E-state index contributed by atoms with van der Waals surface area (Å²) in [5.41, 5.74) is -0.776. The van der Waals surface area contributed by atoms with Gasteiger partial charge in [-0.1, -0.05) is 13.0 Å². The van der Waals surface area contributed by atoms with Crippen LogP contribution in [0.3, 0.4) is 0 Å². The van der Waals surface area contributed by atoms with Crippen LogP contribution in [0.1, 0.15) is 30.1 Å². The molecule has 7 heteroatoms. The van der Waals surface area contributed by atoms with Crippen LogP contribution in [0.5, 0.6) is 0 Å². The third kappa shape index (κ3) is 2.89. The van der Waals surface area contributed by atoms with Gasteiger partial charge in [0.25, 0.3) is 5.91 Å². The van der Waals surface area contributed by atoms with E-state index in [4.69, 9.17) is 4.74 Å². The maximum absolute atomic E-state index is 13.5. The van der Waals surface area contributed by atoms with Crippen molar-refractivity contribution >= 4 is 11.9 Å². The molecule has 24 heavy (non-hydrogen) atoms. The van der Waals surface area contributed by atoms with E-state index in [2.05, 4.69) is 11.8 Å². The third-order valence-corrected chi connectivity index (χ3v) is 4.92. The Balaban J connectivity index is 1.92. The summed E-state index contributed by atoms with van der Waals surface area (Å²) < 4.78 is 19.3. The van der Waals surface area contributed by atoms with Crippen LogP contribution in [-0.2, 0) is 9.53 Å². The number of carboxylic acid groups (broad SMARTS) is 1. The van der Waals surface area contributed by atoms with Crippen molar-refractivity contribution in [2.24, 2.45) is 0 Å². The second kappa shape index (κ2) is 6.49. The van der Waals surface area contributed by atoms with Gasteiger partial charge in [-0.25, -0.2) is 9.18 Å². The molecule has 2 aliphatic rings. The lowest BCUT2D eigenvalue weighted by Crippen LogP contribution is -2.58. The highest BCUT2D eigenvalue weighted by molar-refractivity contribution is 5.97. The molecule has 1 aromatic carbocycles. The van der Waals surface area contributed by atoms with Crippen molar-refractivity contribution in [1.29, 1.82) is 0 Å². The van der Waals surface area contributed by atoms with Gasteiger partial charge in [-0.2, -0.15) is 0 Å². The van der Waals surface area contributed by atoms with Crippen molar-refractivity contribution < 1.29 is 23.8 Å². The summed E-state index contributed by atoms with van der Waals surface area (Å²) >= 11 is 0. The van der Waals surface area contributed by atoms with Crippen LogP contribution < -0.4 is 0 Å². The van der Waals surface area contributed by atoms with Crippen LogP contribution in [-0.4, -0.2) is 64.8 Å². The molecule has 130 valence electrons. The molecular weight excluding hydrogens is 315 g/mol. The van der Waals surface area contributed by atoms with Gasteiger partial charge in [0.1, 0.15) is 11.5 Å². The van der Waals surface area contributed by atoms with E-state index < -0.39 is 29.5 Å². The van der Waals surface area contributed by atoms with Crippen LogP contribution in [0.25, 0.3) is 0 Å². The van der Waals surface area contributed by atoms with E-state index >= 15 is 0 Å². The molecule has 0 radical (unpaired) electrons. The smallest absolute Gasteiger partial charge is 0.328 e. The quantitative estimate of drug-likeness (QED) is 0.907. The van der Waals surface area contributed by atoms with E-state index in [0.29, 0.717) is 12.8 Å². The molecular formula is C17H21FN2O4. The van der Waals surface area contributed by atoms with Crippen molar-refractivity contribution in [3.63, 3.8) is 0 Å². The van der Waals surface area contributed by atoms with Gasteiger partial charge in [-0.15, -0.1) is 0 Å². The van der Waals surface area contributed by atoms with Gasteiger partial charge in [0.2, 0.25) is 0 Å². The Labute approximate surface area is 139 Å². The van der Waals surface area contributed by atoms with Crippen molar-refractivity contribution in [2.45, 2.75) is 31.5 Å². The molecule has 0 aromatic heterocycles. The molecule has 1 N–H and O–H groups in total. The lowest BCUT2D eigenvalue weighted by molar-refractivity contribution is -0.143. The van der Waals surface area contributed by atoms with Crippen LogP contribution in [0.4, 0.5) is 4.39 Å². The molecule has 2 saturated heterocycles. The second-order valence-corrected chi connectivity index (χ2v) is 6.23. The first-order valence-corrected chi connectivity index (χ1v) is 8.15. The maximum atomic E-state index is 13.5. The Bertz CT molecular complexity index is 643. The zero-order valence-corrected chi connectivity index (χ0v) is 13.6. The Morgan fingerprint density at radius 2 is 2.08 bits per heavy atom. The van der Waals surface area contributed by atoms with Gasteiger partial charge >= 0.3 is 5.97 Å². The summed E-state index contributed by atoms with van der Waals surface area (Å²) in [6, 6.07) is 4.28. The minimum Gasteiger partial charge on any atom is -0.480 e. The largest absolute Gasteiger partial charge is 0.480 e. The number of ether oxygens (including phenoxy) is 1. The van der Waals surface area contributed by atoms with Crippen LogP contribution in [0, 0.1) is 5.82 Å². The zero-order valence-electron chi connectivity index (χ0n) is 13.6. The number of aliphatic carboxylic acids is 1. The predicted octanol–water partition coefficient (Wildman–Crippen LogP) is 1.56. The summed E-state index contributed by atoms with van der Waals surface area (Å²) in [4.78, 5) is 28.1. The lowest BCUT2D eigenvalue weighted by atomic mass is 9.96. The van der Waals surface area contributed by atoms with Crippen molar-refractivity contribution in [2.75, 3.05) is 26.2 Å². The average Bonchev–Trinajstić information content (AvgIpc) is 2.94. The molecule has 1 aromatic rings. The Hall–Kier alpha value is -1.99. The normalized spacial score (nSPS) is 23.6. The molecule has 3 rings (SSSR count). The fourth-order valence-electron chi connectivity index (χ4n) is 3.53. The van der Waals surface area contributed by atoms with Crippen LogP contribution in [0.15, 0.2) is 24.3 Å². The molecule has 6 nitrogen and oxygen atoms in total. The maximum Gasteiger partial charge on any atom is 0.328 e. The number of nitrogens with zero attached hydrogens (tertiary/aromatic N) is 2. The number of carbonyl (C=O) groups is 2. The first-order valence-electron chi connectivity index (χ1n) is 8.15. The predicted molar refractivity (Wildman–Crippen MR) is 84.0 cm³/mol. The Morgan fingerprint density at radius 1 is 1.38 bits per heavy atom. The molecule has 2 fully saturated rings. The summed E-state index contributed by atoms with van der Waals surface area (Å²) in [6.45, 7) is 4.38. The number of amides is 1. The molecule has 1 spiro atoms. The van der Waals surface area contributed by atoms with Crippen molar-refractivity contribution in [1.82, 2.24) is 9.80 Å². The van der Waals surface area contributed by atoms with Gasteiger partial charge in [0.15, 0.2) is 6.04 Å².